The number of ether oxygens (including phenoxy) is 4. The fourth-order valence-electron chi connectivity index (χ4n) is 5.78. The lowest BCUT2D eigenvalue weighted by Gasteiger charge is -2.26. The Morgan fingerprint density at radius 3 is 1.75 bits per heavy atom. The van der Waals surface area contributed by atoms with Gasteiger partial charge >= 0.3 is 0 Å². The maximum absolute atomic E-state index is 8.80. The van der Waals surface area contributed by atoms with Crippen LogP contribution in [0.15, 0.2) is 48.5 Å². The molecule has 8 nitrogen and oxygen atoms in total. The number of hydrogen-bond acceptors (Lipinski definition) is 8. The van der Waals surface area contributed by atoms with E-state index in [1.807, 2.05) is 18.2 Å². The van der Waals surface area contributed by atoms with Gasteiger partial charge in [0.25, 0.3) is 0 Å². The molecule has 1 unspecified atom stereocenters. The molecule has 4 N–H and O–H groups in total. The van der Waals surface area contributed by atoms with Gasteiger partial charge in [-0.05, 0) is 165 Å². The first-order chi connectivity index (χ1) is 26.5. The van der Waals surface area contributed by atoms with E-state index in [1.165, 1.54) is 56.1 Å². The van der Waals surface area contributed by atoms with Crippen molar-refractivity contribution in [1.29, 1.82) is 0 Å². The molecule has 0 bridgehead atoms. The Kier molecular flexibility index (Phi) is 26.9. The smallest absolute Gasteiger partial charge is 0.119 e. The minimum atomic E-state index is -0.00160. The maximum atomic E-state index is 8.80. The first kappa shape index (κ1) is 51.8. The van der Waals surface area contributed by atoms with E-state index < -0.39 is 0 Å². The third-order valence-corrected chi connectivity index (χ3v) is 10.6. The van der Waals surface area contributed by atoms with Crippen molar-refractivity contribution in [3.8, 4) is 11.5 Å². The molecule has 0 amide bonds. The molecule has 0 heterocycles. The van der Waals surface area contributed by atoms with Crippen LogP contribution >= 0.6 is 0 Å². The molecule has 328 valence electrons. The fraction of sp³-hybridized carbons (Fsp3) is 0.750. The zero-order valence-corrected chi connectivity index (χ0v) is 37.8. The van der Waals surface area contributed by atoms with Crippen LogP contribution < -0.4 is 20.1 Å². The summed E-state index contributed by atoms with van der Waals surface area (Å²) >= 11 is 0. The van der Waals surface area contributed by atoms with Gasteiger partial charge in [0.15, 0.2) is 0 Å². The Morgan fingerprint density at radius 1 is 0.750 bits per heavy atom. The summed E-state index contributed by atoms with van der Waals surface area (Å²) in [5, 5.41) is 23.6. The van der Waals surface area contributed by atoms with Crippen LogP contribution in [-0.4, -0.2) is 73.9 Å². The van der Waals surface area contributed by atoms with Crippen molar-refractivity contribution >= 4 is 0 Å². The van der Waals surface area contributed by atoms with Crippen LogP contribution in [0.3, 0.4) is 0 Å². The van der Waals surface area contributed by atoms with E-state index in [0.29, 0.717) is 17.4 Å². The molecule has 4 rings (SSSR count). The van der Waals surface area contributed by atoms with Gasteiger partial charge in [-0.3, -0.25) is 10.6 Å². The third-order valence-electron chi connectivity index (χ3n) is 10.6. The number of aryl methyl sites for hydroxylation is 2. The highest BCUT2D eigenvalue weighted by atomic mass is 16.5. The van der Waals surface area contributed by atoms with Gasteiger partial charge in [0.2, 0.25) is 0 Å². The van der Waals surface area contributed by atoms with Gasteiger partial charge in [-0.15, -0.1) is 0 Å². The fourth-order valence-corrected chi connectivity index (χ4v) is 5.78. The summed E-state index contributed by atoms with van der Waals surface area (Å²) in [6.07, 6.45) is 14.7. The highest BCUT2D eigenvalue weighted by molar-refractivity contribution is 5.28. The highest BCUT2D eigenvalue weighted by Crippen LogP contribution is 2.29. The average molecular weight is 791 g/mol. The largest absolute Gasteiger partial charge is 0.493 e. The minimum absolute atomic E-state index is 0. The van der Waals surface area contributed by atoms with E-state index in [2.05, 4.69) is 117 Å². The summed E-state index contributed by atoms with van der Waals surface area (Å²) in [5.41, 5.74) is 2.84. The highest BCUT2D eigenvalue weighted by Gasteiger charge is 2.22. The molecular weight excluding hydrogens is 701 g/mol. The molecule has 2 aromatic carbocycles. The van der Waals surface area contributed by atoms with Gasteiger partial charge in [0.05, 0.1) is 32.8 Å². The standard InChI is InChI=1S/C13H29NO2.C12H27NO2.C12H16O.C11H14O.2H2/c1-6-12(2,3)10-16-9-7-8-13(4,5)14-11-15;1-5-11(2)9-15-8-6-7-12(3,4)13-10-14;1-10-5-4-8-12(9-10)13-11-6-2-3-7-11;1-9-3-2-4-11(7-9)12-8-10-5-6-10;;/h14-15H,6-11H2,1-5H3;11,13-14H,5-10H2,1-4H3;4-5,8-9,11H,2-3,6-7H2,1H3;2-4,7,10H,5-6,8H2,1H3;2*1H. The normalized spacial score (nSPS) is 15.1. The monoisotopic (exact) mass is 791 g/mol. The zero-order valence-electron chi connectivity index (χ0n) is 37.8. The minimum Gasteiger partial charge on any atom is -0.493 e. The first-order valence-corrected chi connectivity index (χ1v) is 21.8. The SMILES string of the molecule is CCC(C)(C)COCCCC(C)(C)NCO.CCC(C)COCCCC(C)(C)NCO.Cc1cccc(OC2CCCC2)c1.Cc1cccc(OCC2CC2)c1.[HH].[HH]. The lowest BCUT2D eigenvalue weighted by atomic mass is 9.92. The van der Waals surface area contributed by atoms with Crippen LogP contribution in [0.5, 0.6) is 11.5 Å². The van der Waals surface area contributed by atoms with E-state index >= 15 is 0 Å². The third kappa shape index (κ3) is 28.2. The van der Waals surface area contributed by atoms with E-state index in [-0.39, 0.29) is 27.4 Å². The number of nitrogens with one attached hydrogen (secondary N) is 2. The first-order valence-electron chi connectivity index (χ1n) is 21.8. The summed E-state index contributed by atoms with van der Waals surface area (Å²) in [6.45, 7) is 27.9. The van der Waals surface area contributed by atoms with Crippen molar-refractivity contribution in [3.05, 3.63) is 59.7 Å². The molecule has 2 aliphatic carbocycles. The van der Waals surface area contributed by atoms with Crippen LogP contribution in [0.2, 0.25) is 0 Å². The molecule has 1 atom stereocenters. The lowest BCUT2D eigenvalue weighted by molar-refractivity contribution is 0.0545. The molecule has 2 saturated carbocycles. The topological polar surface area (TPSA) is 101 Å². The van der Waals surface area contributed by atoms with Gasteiger partial charge in [-0.1, -0.05) is 65.3 Å². The molecule has 56 heavy (non-hydrogen) atoms. The van der Waals surface area contributed by atoms with Gasteiger partial charge in [-0.2, -0.15) is 0 Å². The Morgan fingerprint density at radius 2 is 1.27 bits per heavy atom. The molecular formula is C48H90N2O6. The van der Waals surface area contributed by atoms with Crippen LogP contribution in [0.1, 0.15) is 153 Å². The molecule has 0 aliphatic heterocycles. The number of rotatable bonds is 23. The number of aliphatic hydroxyl groups is 2. The Hall–Kier alpha value is -2.20. The molecule has 2 aromatic rings. The van der Waals surface area contributed by atoms with Crippen molar-refractivity contribution in [2.75, 3.05) is 46.5 Å². The molecule has 2 fully saturated rings. The summed E-state index contributed by atoms with van der Waals surface area (Å²) in [4.78, 5) is 0. The maximum Gasteiger partial charge on any atom is 0.119 e. The van der Waals surface area contributed by atoms with Crippen molar-refractivity contribution in [2.24, 2.45) is 17.3 Å². The Labute approximate surface area is 347 Å². The van der Waals surface area contributed by atoms with Crippen molar-refractivity contribution < 1.29 is 32.0 Å². The van der Waals surface area contributed by atoms with E-state index in [4.69, 9.17) is 29.2 Å². The Bertz CT molecular complexity index is 1250. The second-order valence-corrected chi connectivity index (χ2v) is 18.2. The molecule has 8 heteroatoms. The predicted octanol–water partition coefficient (Wildman–Crippen LogP) is 11.3. The van der Waals surface area contributed by atoms with Gasteiger partial charge in [0.1, 0.15) is 11.5 Å². The quantitative estimate of drug-likeness (QED) is 0.0652. The number of benzene rings is 2. The average Bonchev–Trinajstić information content (AvgIpc) is 3.84. The molecule has 0 saturated heterocycles. The number of hydrogen-bond donors (Lipinski definition) is 4. The molecule has 0 radical (unpaired) electrons. The summed E-state index contributed by atoms with van der Waals surface area (Å²) in [6, 6.07) is 16.5. The zero-order chi connectivity index (χ0) is 41.9. The van der Waals surface area contributed by atoms with Crippen LogP contribution in [0, 0.1) is 31.1 Å². The second-order valence-electron chi connectivity index (χ2n) is 18.2. The molecule has 2 aliphatic rings. The van der Waals surface area contributed by atoms with Gasteiger partial charge in [0, 0.05) is 33.8 Å². The molecule has 0 spiro atoms. The van der Waals surface area contributed by atoms with E-state index in [9.17, 15) is 0 Å². The van der Waals surface area contributed by atoms with Crippen LogP contribution in [0.25, 0.3) is 0 Å². The van der Waals surface area contributed by atoms with Crippen LogP contribution in [0.4, 0.5) is 0 Å². The predicted molar refractivity (Wildman–Crippen MR) is 240 cm³/mol. The summed E-state index contributed by atoms with van der Waals surface area (Å²) < 4.78 is 22.7. The van der Waals surface area contributed by atoms with E-state index in [1.54, 1.807) is 0 Å². The summed E-state index contributed by atoms with van der Waals surface area (Å²) in [5.74, 6) is 3.55. The molecule has 0 aromatic heterocycles. The summed E-state index contributed by atoms with van der Waals surface area (Å²) in [7, 11) is 0. The van der Waals surface area contributed by atoms with E-state index in [0.717, 1.165) is 82.6 Å². The lowest BCUT2D eigenvalue weighted by Crippen LogP contribution is -2.39. The second kappa shape index (κ2) is 29.1. The van der Waals surface area contributed by atoms with Gasteiger partial charge in [-0.25, -0.2) is 0 Å². The van der Waals surface area contributed by atoms with Gasteiger partial charge < -0.3 is 29.2 Å². The van der Waals surface area contributed by atoms with Crippen molar-refractivity contribution in [2.45, 2.75) is 170 Å². The van der Waals surface area contributed by atoms with Crippen molar-refractivity contribution in [1.82, 2.24) is 10.6 Å². The number of aliphatic hydroxyl groups excluding tert-OH is 2. The van der Waals surface area contributed by atoms with Crippen LogP contribution in [-0.2, 0) is 9.47 Å². The Balaban J connectivity index is 0. The van der Waals surface area contributed by atoms with Crippen molar-refractivity contribution in [3.63, 3.8) is 0 Å².